The number of aliphatic hydroxyl groups excluding tert-OH is 1. The molecule has 1 unspecified atom stereocenters. The molecule has 0 saturated heterocycles. The van der Waals surface area contributed by atoms with E-state index in [1.165, 1.54) is 0 Å². The zero-order valence-corrected chi connectivity index (χ0v) is 13.4. The minimum atomic E-state index is -0.905. The Balaban J connectivity index is 2.46. The molecule has 1 amide bonds. The van der Waals surface area contributed by atoms with Crippen LogP contribution in [-0.4, -0.2) is 34.7 Å². The van der Waals surface area contributed by atoms with Gasteiger partial charge in [0, 0.05) is 13.0 Å². The molecule has 0 aromatic heterocycles. The molecule has 1 atom stereocenters. The summed E-state index contributed by atoms with van der Waals surface area (Å²) < 4.78 is 0. The second-order valence-electron chi connectivity index (χ2n) is 7.55. The summed E-state index contributed by atoms with van der Waals surface area (Å²) >= 11 is 0. The van der Waals surface area contributed by atoms with E-state index in [1.807, 2.05) is 20.8 Å². The average Bonchev–Trinajstić information content (AvgIpc) is 2.35. The molecular formula is C16H29NO4. The first-order chi connectivity index (χ1) is 9.65. The number of rotatable bonds is 6. The topological polar surface area (TPSA) is 86.6 Å². The Labute approximate surface area is 127 Å². The van der Waals surface area contributed by atoms with Crippen LogP contribution in [0.3, 0.4) is 0 Å². The largest absolute Gasteiger partial charge is 0.481 e. The van der Waals surface area contributed by atoms with Gasteiger partial charge in [-0.25, -0.2) is 0 Å². The first-order valence-electron chi connectivity index (χ1n) is 7.83. The number of carbonyl (C=O) groups excluding carboxylic acids is 1. The molecule has 0 aromatic carbocycles. The normalized spacial score (nSPS) is 19.8. The second kappa shape index (κ2) is 7.25. The minimum Gasteiger partial charge on any atom is -0.481 e. The monoisotopic (exact) mass is 299 g/mol. The standard InChI is InChI=1S/C16H29NO4/c1-15(2,3)9-12(18)11-17-13(19)10-16(14(20)21)7-5-4-6-8-16/h12,18H,4-11H2,1-3H3,(H,17,19)(H,20,21). The Morgan fingerprint density at radius 3 is 2.24 bits per heavy atom. The molecule has 122 valence electrons. The summed E-state index contributed by atoms with van der Waals surface area (Å²) in [7, 11) is 0. The van der Waals surface area contributed by atoms with E-state index >= 15 is 0 Å². The molecule has 0 bridgehead atoms. The van der Waals surface area contributed by atoms with Crippen LogP contribution < -0.4 is 5.32 Å². The van der Waals surface area contributed by atoms with Gasteiger partial charge in [-0.2, -0.15) is 0 Å². The van der Waals surface area contributed by atoms with E-state index in [2.05, 4.69) is 5.32 Å². The van der Waals surface area contributed by atoms with Crippen molar-refractivity contribution in [2.45, 2.75) is 71.8 Å². The van der Waals surface area contributed by atoms with Crippen LogP contribution in [0.25, 0.3) is 0 Å². The Morgan fingerprint density at radius 2 is 1.76 bits per heavy atom. The van der Waals surface area contributed by atoms with E-state index < -0.39 is 17.5 Å². The number of nitrogens with one attached hydrogen (secondary N) is 1. The van der Waals surface area contributed by atoms with Gasteiger partial charge in [-0.15, -0.1) is 0 Å². The van der Waals surface area contributed by atoms with Gasteiger partial charge in [-0.1, -0.05) is 40.0 Å². The molecule has 1 fully saturated rings. The zero-order chi connectivity index (χ0) is 16.1. The van der Waals surface area contributed by atoms with Crippen molar-refractivity contribution in [1.82, 2.24) is 5.32 Å². The first kappa shape index (κ1) is 18.0. The highest BCUT2D eigenvalue weighted by atomic mass is 16.4. The molecule has 1 rings (SSSR count). The van der Waals surface area contributed by atoms with Gasteiger partial charge in [0.15, 0.2) is 0 Å². The van der Waals surface area contributed by atoms with Crippen LogP contribution in [-0.2, 0) is 9.59 Å². The van der Waals surface area contributed by atoms with Crippen LogP contribution in [0.4, 0.5) is 0 Å². The number of carboxylic acids is 1. The zero-order valence-electron chi connectivity index (χ0n) is 13.4. The van der Waals surface area contributed by atoms with Crippen molar-refractivity contribution in [2.24, 2.45) is 10.8 Å². The van der Waals surface area contributed by atoms with Gasteiger partial charge in [-0.05, 0) is 24.7 Å². The summed E-state index contributed by atoms with van der Waals surface area (Å²) in [6, 6.07) is 0. The predicted octanol–water partition coefficient (Wildman–Crippen LogP) is 2.32. The summed E-state index contributed by atoms with van der Waals surface area (Å²) in [6.45, 7) is 6.27. The quantitative estimate of drug-likeness (QED) is 0.702. The van der Waals surface area contributed by atoms with E-state index in [-0.39, 0.29) is 24.3 Å². The van der Waals surface area contributed by atoms with E-state index in [4.69, 9.17) is 0 Å². The number of amides is 1. The minimum absolute atomic E-state index is 0.00417. The smallest absolute Gasteiger partial charge is 0.310 e. The number of aliphatic hydroxyl groups is 1. The maximum absolute atomic E-state index is 12.0. The van der Waals surface area contributed by atoms with Crippen molar-refractivity contribution in [1.29, 1.82) is 0 Å². The Bertz CT molecular complexity index is 367. The molecule has 5 nitrogen and oxygen atoms in total. The van der Waals surface area contributed by atoms with Gasteiger partial charge in [0.2, 0.25) is 5.91 Å². The summed E-state index contributed by atoms with van der Waals surface area (Å²) in [4.78, 5) is 23.5. The van der Waals surface area contributed by atoms with Crippen molar-refractivity contribution >= 4 is 11.9 Å². The molecule has 0 radical (unpaired) electrons. The van der Waals surface area contributed by atoms with E-state index in [0.29, 0.717) is 19.3 Å². The van der Waals surface area contributed by atoms with Crippen molar-refractivity contribution in [3.05, 3.63) is 0 Å². The third-order valence-electron chi connectivity index (χ3n) is 4.15. The molecule has 1 aliphatic carbocycles. The number of hydrogen-bond donors (Lipinski definition) is 3. The summed E-state index contributed by atoms with van der Waals surface area (Å²) in [5.74, 6) is -1.14. The summed E-state index contributed by atoms with van der Waals surface area (Å²) in [5, 5.41) is 22.0. The summed E-state index contributed by atoms with van der Waals surface area (Å²) in [5.41, 5.74) is -0.910. The van der Waals surface area contributed by atoms with Crippen LogP contribution in [0.2, 0.25) is 0 Å². The lowest BCUT2D eigenvalue weighted by molar-refractivity contribution is -0.154. The lowest BCUT2D eigenvalue weighted by Gasteiger charge is -2.32. The van der Waals surface area contributed by atoms with Crippen molar-refractivity contribution in [3.63, 3.8) is 0 Å². The highest BCUT2D eigenvalue weighted by Crippen LogP contribution is 2.39. The van der Waals surface area contributed by atoms with Crippen molar-refractivity contribution in [3.8, 4) is 0 Å². The fourth-order valence-electron chi connectivity index (χ4n) is 3.08. The van der Waals surface area contributed by atoms with Gasteiger partial charge in [-0.3, -0.25) is 9.59 Å². The molecule has 1 aliphatic rings. The fraction of sp³-hybridized carbons (Fsp3) is 0.875. The van der Waals surface area contributed by atoms with Crippen LogP contribution in [0, 0.1) is 10.8 Å². The van der Waals surface area contributed by atoms with Crippen LogP contribution in [0.1, 0.15) is 65.7 Å². The van der Waals surface area contributed by atoms with E-state index in [1.54, 1.807) is 0 Å². The van der Waals surface area contributed by atoms with Crippen LogP contribution >= 0.6 is 0 Å². The second-order valence-corrected chi connectivity index (χ2v) is 7.55. The van der Waals surface area contributed by atoms with Gasteiger partial charge in [0.25, 0.3) is 0 Å². The number of hydrogen-bond acceptors (Lipinski definition) is 3. The number of carbonyl (C=O) groups is 2. The maximum atomic E-state index is 12.0. The molecule has 0 aliphatic heterocycles. The molecule has 1 saturated carbocycles. The van der Waals surface area contributed by atoms with E-state index in [9.17, 15) is 19.8 Å². The highest BCUT2D eigenvalue weighted by Gasteiger charge is 2.41. The van der Waals surface area contributed by atoms with Gasteiger partial charge < -0.3 is 15.5 Å². The average molecular weight is 299 g/mol. The maximum Gasteiger partial charge on any atom is 0.310 e. The molecular weight excluding hydrogens is 270 g/mol. The first-order valence-corrected chi connectivity index (χ1v) is 7.83. The van der Waals surface area contributed by atoms with Gasteiger partial charge in [0.1, 0.15) is 0 Å². The van der Waals surface area contributed by atoms with E-state index in [0.717, 1.165) is 19.3 Å². The van der Waals surface area contributed by atoms with Gasteiger partial charge in [0.05, 0.1) is 11.5 Å². The molecule has 3 N–H and O–H groups in total. The molecule has 21 heavy (non-hydrogen) atoms. The number of carboxylic acid groups (broad SMARTS) is 1. The van der Waals surface area contributed by atoms with Gasteiger partial charge >= 0.3 is 5.97 Å². The molecule has 0 aromatic rings. The molecule has 0 spiro atoms. The fourth-order valence-corrected chi connectivity index (χ4v) is 3.08. The number of aliphatic carboxylic acids is 1. The predicted molar refractivity (Wildman–Crippen MR) is 80.9 cm³/mol. The molecule has 0 heterocycles. The lowest BCUT2D eigenvalue weighted by Crippen LogP contribution is -2.41. The third-order valence-corrected chi connectivity index (χ3v) is 4.15. The molecule has 5 heteroatoms. The Hall–Kier alpha value is -1.10. The highest BCUT2D eigenvalue weighted by molar-refractivity contribution is 5.85. The van der Waals surface area contributed by atoms with Crippen LogP contribution in [0.5, 0.6) is 0 Å². The summed E-state index contributed by atoms with van der Waals surface area (Å²) in [6.07, 6.45) is 3.93. The van der Waals surface area contributed by atoms with Crippen molar-refractivity contribution < 1.29 is 19.8 Å². The lowest BCUT2D eigenvalue weighted by atomic mass is 9.71. The van der Waals surface area contributed by atoms with Crippen LogP contribution in [0.15, 0.2) is 0 Å². The third kappa shape index (κ3) is 6.04. The Morgan fingerprint density at radius 1 is 1.19 bits per heavy atom. The van der Waals surface area contributed by atoms with Crippen molar-refractivity contribution in [2.75, 3.05) is 6.54 Å². The SMILES string of the molecule is CC(C)(C)CC(O)CNC(=O)CC1(C(=O)O)CCCCC1. The Kier molecular flexibility index (Phi) is 6.20.